The first-order chi connectivity index (χ1) is 11.0. The largest absolute Gasteiger partial charge is 0.383 e. The highest BCUT2D eigenvalue weighted by Crippen LogP contribution is 2.25. The second kappa shape index (κ2) is 7.99. The summed E-state index contributed by atoms with van der Waals surface area (Å²) in [6.45, 7) is 3.57. The second-order valence-corrected chi connectivity index (χ2v) is 5.80. The average molecular weight is 351 g/mol. The van der Waals surface area contributed by atoms with Crippen molar-refractivity contribution in [2.24, 2.45) is 5.16 Å². The predicted molar refractivity (Wildman–Crippen MR) is 94.4 cm³/mol. The summed E-state index contributed by atoms with van der Waals surface area (Å²) in [6.07, 6.45) is 0.802. The van der Waals surface area contributed by atoms with Crippen LogP contribution in [0.4, 0.5) is 5.69 Å². The van der Waals surface area contributed by atoms with E-state index in [-0.39, 0.29) is 5.91 Å². The van der Waals surface area contributed by atoms with Gasteiger partial charge in [-0.1, -0.05) is 52.6 Å². The SMILES string of the molecule is Cc1ccccc1/C=N\O[C@H](C)C(=O)Nc1cc(Cl)ccc1Cl. The van der Waals surface area contributed by atoms with Crippen molar-refractivity contribution in [2.45, 2.75) is 20.0 Å². The molecule has 0 saturated carbocycles. The number of halogens is 2. The third-order valence-electron chi connectivity index (χ3n) is 3.15. The summed E-state index contributed by atoms with van der Waals surface area (Å²) in [4.78, 5) is 17.3. The van der Waals surface area contributed by atoms with Gasteiger partial charge in [0, 0.05) is 5.02 Å². The molecule has 2 rings (SSSR count). The number of amides is 1. The minimum absolute atomic E-state index is 0.365. The lowest BCUT2D eigenvalue weighted by Crippen LogP contribution is -2.26. The Morgan fingerprint density at radius 3 is 2.74 bits per heavy atom. The van der Waals surface area contributed by atoms with Crippen LogP contribution in [0.2, 0.25) is 10.0 Å². The van der Waals surface area contributed by atoms with E-state index in [0.29, 0.717) is 15.7 Å². The van der Waals surface area contributed by atoms with Crippen molar-refractivity contribution in [2.75, 3.05) is 5.32 Å². The van der Waals surface area contributed by atoms with Gasteiger partial charge in [0.15, 0.2) is 0 Å². The molecule has 1 amide bonds. The summed E-state index contributed by atoms with van der Waals surface area (Å²) in [6, 6.07) is 12.6. The van der Waals surface area contributed by atoms with Crippen molar-refractivity contribution in [3.8, 4) is 0 Å². The van der Waals surface area contributed by atoms with Crippen LogP contribution in [0.3, 0.4) is 0 Å². The smallest absolute Gasteiger partial charge is 0.268 e. The van der Waals surface area contributed by atoms with Gasteiger partial charge in [0.1, 0.15) is 0 Å². The minimum Gasteiger partial charge on any atom is -0.383 e. The zero-order valence-corrected chi connectivity index (χ0v) is 14.2. The summed E-state index contributed by atoms with van der Waals surface area (Å²) in [7, 11) is 0. The Bertz CT molecular complexity index is 732. The Morgan fingerprint density at radius 2 is 2.00 bits per heavy atom. The van der Waals surface area contributed by atoms with Gasteiger partial charge < -0.3 is 10.2 Å². The van der Waals surface area contributed by atoms with Crippen LogP contribution in [-0.4, -0.2) is 18.2 Å². The molecule has 0 bridgehead atoms. The summed E-state index contributed by atoms with van der Waals surface area (Å²) in [5.74, 6) is -0.365. The maximum Gasteiger partial charge on any atom is 0.268 e. The standard InChI is InChI=1S/C17H16Cl2N2O2/c1-11-5-3-4-6-13(11)10-20-23-12(2)17(22)21-16-9-14(18)7-8-15(16)19/h3-10,12H,1-2H3,(H,21,22)/b20-10-/t12-/m1/s1. The van der Waals surface area contributed by atoms with E-state index in [1.165, 1.54) is 0 Å². The van der Waals surface area contributed by atoms with E-state index in [1.54, 1.807) is 31.3 Å². The van der Waals surface area contributed by atoms with Crippen LogP contribution in [0.25, 0.3) is 0 Å². The average Bonchev–Trinajstić information content (AvgIpc) is 2.52. The Labute approximate surface area is 145 Å². The summed E-state index contributed by atoms with van der Waals surface area (Å²) >= 11 is 11.9. The molecular weight excluding hydrogens is 335 g/mol. The fourth-order valence-corrected chi connectivity index (χ4v) is 2.12. The molecule has 0 aliphatic heterocycles. The van der Waals surface area contributed by atoms with E-state index in [4.69, 9.17) is 28.0 Å². The molecule has 6 heteroatoms. The van der Waals surface area contributed by atoms with Gasteiger partial charge in [-0.25, -0.2) is 0 Å². The summed E-state index contributed by atoms with van der Waals surface area (Å²) in [5.41, 5.74) is 2.43. The predicted octanol–water partition coefficient (Wildman–Crippen LogP) is 4.68. The van der Waals surface area contributed by atoms with Crippen molar-refractivity contribution in [1.29, 1.82) is 0 Å². The highest BCUT2D eigenvalue weighted by atomic mass is 35.5. The van der Waals surface area contributed by atoms with E-state index in [0.717, 1.165) is 11.1 Å². The number of aryl methyl sites for hydroxylation is 1. The second-order valence-electron chi connectivity index (χ2n) is 4.95. The molecular formula is C17H16Cl2N2O2. The van der Waals surface area contributed by atoms with Gasteiger partial charge in [-0.3, -0.25) is 4.79 Å². The van der Waals surface area contributed by atoms with E-state index in [2.05, 4.69) is 10.5 Å². The maximum atomic E-state index is 12.1. The molecule has 1 atom stereocenters. The third-order valence-corrected chi connectivity index (χ3v) is 3.72. The zero-order chi connectivity index (χ0) is 16.8. The lowest BCUT2D eigenvalue weighted by molar-refractivity contribution is -0.126. The van der Waals surface area contributed by atoms with E-state index < -0.39 is 6.10 Å². The van der Waals surface area contributed by atoms with Crippen LogP contribution in [-0.2, 0) is 9.63 Å². The number of carbonyl (C=O) groups excluding carboxylic acids is 1. The number of benzene rings is 2. The number of rotatable bonds is 5. The quantitative estimate of drug-likeness (QED) is 0.628. The highest BCUT2D eigenvalue weighted by molar-refractivity contribution is 6.35. The Kier molecular flexibility index (Phi) is 6.02. The monoisotopic (exact) mass is 350 g/mol. The molecule has 0 unspecified atom stereocenters. The lowest BCUT2D eigenvalue weighted by Gasteiger charge is -2.12. The van der Waals surface area contributed by atoms with Crippen LogP contribution in [0.5, 0.6) is 0 Å². The first-order valence-corrected chi connectivity index (χ1v) is 7.73. The fraction of sp³-hybridized carbons (Fsp3) is 0.176. The molecule has 0 spiro atoms. The number of nitrogens with zero attached hydrogens (tertiary/aromatic N) is 1. The highest BCUT2D eigenvalue weighted by Gasteiger charge is 2.15. The molecule has 23 heavy (non-hydrogen) atoms. The normalized spacial score (nSPS) is 12.2. The molecule has 0 aliphatic carbocycles. The molecule has 1 N–H and O–H groups in total. The summed E-state index contributed by atoms with van der Waals surface area (Å²) < 4.78 is 0. The first-order valence-electron chi connectivity index (χ1n) is 6.98. The fourth-order valence-electron chi connectivity index (χ4n) is 1.79. The maximum absolute atomic E-state index is 12.1. The molecule has 0 aromatic heterocycles. The number of anilines is 1. The Hall–Kier alpha value is -2.04. The first kappa shape index (κ1) is 17.3. The summed E-state index contributed by atoms with van der Waals surface area (Å²) in [5, 5.41) is 7.40. The van der Waals surface area contributed by atoms with Gasteiger partial charge in [-0.15, -0.1) is 0 Å². The van der Waals surface area contributed by atoms with Crippen molar-refractivity contribution >= 4 is 41.0 Å². The number of carbonyl (C=O) groups is 1. The Morgan fingerprint density at radius 1 is 1.26 bits per heavy atom. The van der Waals surface area contributed by atoms with Crippen LogP contribution in [0.15, 0.2) is 47.6 Å². The zero-order valence-electron chi connectivity index (χ0n) is 12.7. The van der Waals surface area contributed by atoms with Crippen molar-refractivity contribution in [1.82, 2.24) is 0 Å². The molecule has 0 fully saturated rings. The van der Waals surface area contributed by atoms with Crippen LogP contribution in [0, 0.1) is 6.92 Å². The van der Waals surface area contributed by atoms with Gasteiger partial charge in [0.25, 0.3) is 5.91 Å². The number of hydrogen-bond donors (Lipinski definition) is 1. The van der Waals surface area contributed by atoms with Crippen LogP contribution in [0.1, 0.15) is 18.1 Å². The Balaban J connectivity index is 1.95. The molecule has 0 heterocycles. The molecule has 2 aromatic carbocycles. The third kappa shape index (κ3) is 4.98. The van der Waals surface area contributed by atoms with E-state index in [1.807, 2.05) is 31.2 Å². The van der Waals surface area contributed by atoms with Gasteiger partial charge in [-0.2, -0.15) is 0 Å². The van der Waals surface area contributed by atoms with E-state index in [9.17, 15) is 4.79 Å². The van der Waals surface area contributed by atoms with E-state index >= 15 is 0 Å². The van der Waals surface area contributed by atoms with Crippen molar-refractivity contribution < 1.29 is 9.63 Å². The number of hydrogen-bond acceptors (Lipinski definition) is 3. The topological polar surface area (TPSA) is 50.7 Å². The molecule has 120 valence electrons. The molecule has 2 aromatic rings. The number of oxime groups is 1. The van der Waals surface area contributed by atoms with Crippen LogP contribution >= 0.6 is 23.2 Å². The molecule has 0 radical (unpaired) electrons. The number of nitrogens with one attached hydrogen (secondary N) is 1. The molecule has 4 nitrogen and oxygen atoms in total. The van der Waals surface area contributed by atoms with Gasteiger partial charge in [0.05, 0.1) is 16.9 Å². The molecule has 0 aliphatic rings. The molecule has 0 saturated heterocycles. The van der Waals surface area contributed by atoms with Gasteiger partial charge in [0.2, 0.25) is 6.10 Å². The van der Waals surface area contributed by atoms with Crippen molar-refractivity contribution in [3.05, 3.63) is 63.6 Å². The lowest BCUT2D eigenvalue weighted by atomic mass is 10.1. The van der Waals surface area contributed by atoms with Crippen LogP contribution < -0.4 is 5.32 Å². The van der Waals surface area contributed by atoms with Gasteiger partial charge >= 0.3 is 0 Å². The minimum atomic E-state index is -0.773. The van der Waals surface area contributed by atoms with Crippen molar-refractivity contribution in [3.63, 3.8) is 0 Å². The van der Waals surface area contributed by atoms with Gasteiger partial charge in [-0.05, 0) is 43.2 Å².